The summed E-state index contributed by atoms with van der Waals surface area (Å²) in [5.74, 6) is -0.496. The number of carbonyl (C=O) groups excluding carboxylic acids is 1. The number of nitrogens with zero attached hydrogens (tertiary/aromatic N) is 3. The quantitative estimate of drug-likeness (QED) is 0.290. The number of ether oxygens (including phenoxy) is 1. The minimum Gasteiger partial charge on any atom is -0.508 e. The second-order valence-electron chi connectivity index (χ2n) is 5.10. The number of benzene rings is 1. The summed E-state index contributed by atoms with van der Waals surface area (Å²) in [6, 6.07) is 6.62. The summed E-state index contributed by atoms with van der Waals surface area (Å²) in [5.41, 5.74) is 9.89. The first kappa shape index (κ1) is 19.0. The molecule has 0 amide bonds. The Hall–Kier alpha value is -1.02. The van der Waals surface area contributed by atoms with Crippen molar-refractivity contribution in [3.05, 3.63) is 51.9 Å². The number of para-hydroxylation sites is 1. The van der Waals surface area contributed by atoms with Crippen molar-refractivity contribution in [1.29, 1.82) is 0 Å². The molecule has 1 aliphatic carbocycles. The van der Waals surface area contributed by atoms with Gasteiger partial charge in [-0.15, -0.1) is 0 Å². The Morgan fingerprint density at radius 2 is 2.14 bits per heavy atom. The Morgan fingerprint density at radius 3 is 2.73 bits per heavy atom. The van der Waals surface area contributed by atoms with Crippen LogP contribution in [0, 0.1) is 50.0 Å². The van der Waals surface area contributed by atoms with Crippen LogP contribution in [-0.4, -0.2) is 24.2 Å². The molecule has 0 saturated carbocycles. The van der Waals surface area contributed by atoms with E-state index < -0.39 is 5.97 Å². The maximum atomic E-state index is 11.8. The molecule has 1 aromatic carbocycles. The van der Waals surface area contributed by atoms with Crippen LogP contribution >= 0.6 is 0 Å². The van der Waals surface area contributed by atoms with E-state index in [2.05, 4.69) is 10.0 Å². The van der Waals surface area contributed by atoms with Gasteiger partial charge in [0, 0.05) is 72.1 Å². The number of aromatic hydroxyl groups is 1. The van der Waals surface area contributed by atoms with Crippen LogP contribution in [0.4, 0.5) is 0 Å². The van der Waals surface area contributed by atoms with E-state index in [9.17, 15) is 9.90 Å². The van der Waals surface area contributed by atoms with Crippen LogP contribution in [0.3, 0.4) is 0 Å². The van der Waals surface area contributed by atoms with Crippen LogP contribution in [-0.2, 0) is 9.53 Å². The second-order valence-corrected chi connectivity index (χ2v) is 5.10. The largest absolute Gasteiger partial charge is 0.508 e. The van der Waals surface area contributed by atoms with E-state index in [0.717, 1.165) is 0 Å². The molecule has 6 nitrogen and oxygen atoms in total. The molecule has 1 radical (unpaired) electrons. The normalized spacial score (nSPS) is 23.5. The number of azide groups is 1. The fourth-order valence-corrected chi connectivity index (χ4v) is 2.72. The summed E-state index contributed by atoms with van der Waals surface area (Å²) in [4.78, 5) is 14.7. The van der Waals surface area contributed by atoms with Crippen LogP contribution in [0.5, 0.6) is 5.75 Å². The molecular formula is C15H17AcN3O3. The summed E-state index contributed by atoms with van der Waals surface area (Å²) in [6.07, 6.45) is 2.15. The Bertz CT molecular complexity index is 626. The summed E-state index contributed by atoms with van der Waals surface area (Å²) in [6.45, 7) is 1.95. The van der Waals surface area contributed by atoms with E-state index >= 15 is 0 Å². The number of phenols is 1. The van der Waals surface area contributed by atoms with E-state index in [0.29, 0.717) is 17.6 Å². The smallest absolute Gasteiger partial charge is 0.333 e. The third-order valence-corrected chi connectivity index (χ3v) is 3.93. The minimum atomic E-state index is -0.430. The Morgan fingerprint density at radius 1 is 1.45 bits per heavy atom. The molecule has 0 heterocycles. The Kier molecular flexibility index (Phi) is 7.41. The SMILES string of the molecule is COC(=O)C1=C[C@@H](c2ccccc2O)[C@H](C)C(N=[N+]=[N-])C1.[Ac]. The molecule has 1 aromatic rings. The molecule has 2 rings (SSSR count). The van der Waals surface area contributed by atoms with Crippen molar-refractivity contribution in [3.63, 3.8) is 0 Å². The zero-order chi connectivity index (χ0) is 15.4. The van der Waals surface area contributed by atoms with E-state index in [4.69, 9.17) is 10.3 Å². The van der Waals surface area contributed by atoms with Gasteiger partial charge in [-0.2, -0.15) is 0 Å². The van der Waals surface area contributed by atoms with Crippen LogP contribution in [0.25, 0.3) is 10.4 Å². The van der Waals surface area contributed by atoms with Gasteiger partial charge < -0.3 is 9.84 Å². The van der Waals surface area contributed by atoms with Crippen molar-refractivity contribution in [3.8, 4) is 5.75 Å². The molecule has 1 unspecified atom stereocenters. The van der Waals surface area contributed by atoms with Gasteiger partial charge in [-0.1, -0.05) is 36.3 Å². The average molecular weight is 514 g/mol. The second kappa shape index (κ2) is 8.57. The fraction of sp³-hybridized carbons (Fsp3) is 0.400. The zero-order valence-corrected chi connectivity index (χ0v) is 17.3. The van der Waals surface area contributed by atoms with Crippen LogP contribution < -0.4 is 0 Å². The predicted octanol–water partition coefficient (Wildman–Crippen LogP) is 3.29. The van der Waals surface area contributed by atoms with Gasteiger partial charge in [0.05, 0.1) is 7.11 Å². The first-order valence-corrected chi connectivity index (χ1v) is 6.69. The standard InChI is InChI=1S/C15H17N3O3.Ac/c1-9-12(11-5-3-4-6-14(11)19)7-10(15(20)21-2)8-13(9)17-18-16;/h3-7,9,12-13,19H,8H2,1-2H3;/t9-,12+,13?;/m0./s1. The molecule has 0 aromatic heterocycles. The van der Waals surface area contributed by atoms with E-state index in [1.807, 2.05) is 13.0 Å². The number of carbonyl (C=O) groups is 1. The van der Waals surface area contributed by atoms with E-state index in [-0.39, 0.29) is 67.7 Å². The van der Waals surface area contributed by atoms with Gasteiger partial charge in [0.1, 0.15) is 5.75 Å². The van der Waals surface area contributed by atoms with E-state index in [1.54, 1.807) is 24.3 Å². The van der Waals surface area contributed by atoms with Gasteiger partial charge in [-0.05, 0) is 23.9 Å². The average Bonchev–Trinajstić information content (AvgIpc) is 2.49. The molecule has 7 heteroatoms. The maximum absolute atomic E-state index is 11.8. The number of allylic oxidation sites excluding steroid dienone is 1. The summed E-state index contributed by atoms with van der Waals surface area (Å²) in [5, 5.41) is 13.8. The van der Waals surface area contributed by atoms with Crippen molar-refractivity contribution in [1.82, 2.24) is 0 Å². The van der Waals surface area contributed by atoms with Crippen LogP contribution in [0.15, 0.2) is 41.0 Å². The summed E-state index contributed by atoms with van der Waals surface area (Å²) in [7, 11) is 1.32. The number of methoxy groups -OCH3 is 1. The van der Waals surface area contributed by atoms with Gasteiger partial charge in [0.2, 0.25) is 0 Å². The van der Waals surface area contributed by atoms with Crippen molar-refractivity contribution >= 4 is 5.97 Å². The van der Waals surface area contributed by atoms with Crippen LogP contribution in [0.1, 0.15) is 24.8 Å². The van der Waals surface area contributed by atoms with Gasteiger partial charge in [-0.3, -0.25) is 0 Å². The molecule has 0 spiro atoms. The third-order valence-electron chi connectivity index (χ3n) is 3.93. The number of phenolic OH excluding ortho intramolecular Hbond substituents is 1. The number of hydrogen-bond donors (Lipinski definition) is 1. The minimum absolute atomic E-state index is 0. The molecule has 22 heavy (non-hydrogen) atoms. The molecule has 113 valence electrons. The Labute approximate surface area is 164 Å². The van der Waals surface area contributed by atoms with Crippen LogP contribution in [0.2, 0.25) is 0 Å². The van der Waals surface area contributed by atoms with Gasteiger partial charge in [0.15, 0.2) is 0 Å². The number of esters is 1. The molecule has 3 atom stereocenters. The van der Waals surface area contributed by atoms with Gasteiger partial charge in [-0.25, -0.2) is 4.79 Å². The number of hydrogen-bond acceptors (Lipinski definition) is 4. The van der Waals surface area contributed by atoms with Crippen molar-refractivity contribution in [2.75, 3.05) is 7.11 Å². The summed E-state index contributed by atoms with van der Waals surface area (Å²) < 4.78 is 4.76. The monoisotopic (exact) mass is 514 g/mol. The Balaban J connectivity index is 0.00000242. The van der Waals surface area contributed by atoms with Crippen molar-refractivity contribution in [2.45, 2.75) is 25.3 Å². The maximum Gasteiger partial charge on any atom is 0.333 e. The third kappa shape index (κ3) is 4.04. The first-order chi connectivity index (χ1) is 10.1. The molecule has 0 saturated heterocycles. The van der Waals surface area contributed by atoms with Crippen molar-refractivity contribution < 1.29 is 58.7 Å². The topological polar surface area (TPSA) is 95.3 Å². The molecule has 0 aliphatic heterocycles. The first-order valence-electron chi connectivity index (χ1n) is 6.69. The fourth-order valence-electron chi connectivity index (χ4n) is 2.72. The van der Waals surface area contributed by atoms with Gasteiger partial charge >= 0.3 is 5.97 Å². The molecular weight excluding hydrogens is 497 g/mol. The zero-order valence-electron chi connectivity index (χ0n) is 12.5. The van der Waals surface area contributed by atoms with E-state index in [1.165, 1.54) is 7.11 Å². The number of rotatable bonds is 3. The molecule has 0 fully saturated rings. The molecule has 1 N–H and O–H groups in total. The summed E-state index contributed by atoms with van der Waals surface area (Å²) >= 11 is 0. The molecule has 1 aliphatic rings. The van der Waals surface area contributed by atoms with Gasteiger partial charge in [0.25, 0.3) is 0 Å². The predicted molar refractivity (Wildman–Crippen MR) is 77.7 cm³/mol. The van der Waals surface area contributed by atoms with Crippen molar-refractivity contribution in [2.24, 2.45) is 11.0 Å². The molecule has 0 bridgehead atoms.